The largest absolute Gasteiger partial charge is 0.487 e. The molecule has 172 valence electrons. The average molecular weight is 459 g/mol. The number of carbonyl (C=O) groups is 1. The van der Waals surface area contributed by atoms with Crippen molar-refractivity contribution in [2.45, 2.75) is 57.3 Å². The fraction of sp³-hybridized carbons (Fsp3) is 0.458. The maximum Gasteiger partial charge on any atom is 0.261 e. The van der Waals surface area contributed by atoms with Gasteiger partial charge in [-0.3, -0.25) is 9.10 Å². The molecule has 2 aliphatic rings. The van der Waals surface area contributed by atoms with Crippen LogP contribution in [0.1, 0.15) is 51.1 Å². The van der Waals surface area contributed by atoms with Gasteiger partial charge < -0.3 is 14.8 Å². The lowest BCUT2D eigenvalue weighted by Gasteiger charge is -2.42. The van der Waals surface area contributed by atoms with Gasteiger partial charge in [-0.25, -0.2) is 8.42 Å². The van der Waals surface area contributed by atoms with Crippen LogP contribution in [0.25, 0.3) is 0 Å². The summed E-state index contributed by atoms with van der Waals surface area (Å²) in [6.07, 6.45) is 2.96. The van der Waals surface area contributed by atoms with Crippen molar-refractivity contribution in [3.8, 4) is 11.5 Å². The van der Waals surface area contributed by atoms with Crippen LogP contribution in [0.5, 0.6) is 11.5 Å². The first-order valence-corrected chi connectivity index (χ1v) is 12.9. The van der Waals surface area contributed by atoms with E-state index in [1.807, 2.05) is 24.3 Å². The molecule has 0 aromatic heterocycles. The standard InChI is InChI=1S/C24H30N2O5S/c1-4-24(5-2)16-18(17-10-6-8-12-20(17)31-24)25-23(27)22-14-15-26(32(3,28)29)19-11-7-9-13-21(19)30-22/h6-13,18,22H,4-5,14-16H2,1-3H3,(H,25,27). The number of benzene rings is 2. The third-order valence-corrected chi connectivity index (χ3v) is 7.67. The molecule has 8 heteroatoms. The van der Waals surface area contributed by atoms with E-state index >= 15 is 0 Å². The van der Waals surface area contributed by atoms with Gasteiger partial charge in [0, 0.05) is 24.9 Å². The average Bonchev–Trinajstić information content (AvgIpc) is 2.99. The Morgan fingerprint density at radius 2 is 1.75 bits per heavy atom. The van der Waals surface area contributed by atoms with Crippen molar-refractivity contribution >= 4 is 21.6 Å². The molecule has 0 spiro atoms. The Bertz CT molecular complexity index is 1100. The van der Waals surface area contributed by atoms with Gasteiger partial charge in [0.25, 0.3) is 5.91 Å². The van der Waals surface area contributed by atoms with Gasteiger partial charge in [-0.05, 0) is 31.0 Å². The van der Waals surface area contributed by atoms with Crippen LogP contribution in [-0.4, -0.2) is 38.8 Å². The maximum atomic E-state index is 13.3. The minimum Gasteiger partial charge on any atom is -0.487 e. The van der Waals surface area contributed by atoms with Gasteiger partial charge in [0.05, 0.1) is 18.0 Å². The summed E-state index contributed by atoms with van der Waals surface area (Å²) in [4.78, 5) is 13.3. The van der Waals surface area contributed by atoms with E-state index < -0.39 is 16.1 Å². The summed E-state index contributed by atoms with van der Waals surface area (Å²) < 4.78 is 38.3. The summed E-state index contributed by atoms with van der Waals surface area (Å²) in [5.41, 5.74) is 1.07. The molecule has 2 heterocycles. The van der Waals surface area contributed by atoms with Crippen molar-refractivity contribution in [1.82, 2.24) is 5.32 Å². The Morgan fingerprint density at radius 3 is 2.44 bits per heavy atom. The monoisotopic (exact) mass is 458 g/mol. The van der Waals surface area contributed by atoms with E-state index in [0.29, 0.717) is 17.9 Å². The van der Waals surface area contributed by atoms with Crippen molar-refractivity contribution in [2.75, 3.05) is 17.1 Å². The highest BCUT2D eigenvalue weighted by molar-refractivity contribution is 7.92. The fourth-order valence-electron chi connectivity index (χ4n) is 4.55. The minimum absolute atomic E-state index is 0.173. The van der Waals surface area contributed by atoms with Crippen molar-refractivity contribution < 1.29 is 22.7 Å². The first kappa shape index (κ1) is 22.5. The summed E-state index contributed by atoms with van der Waals surface area (Å²) in [7, 11) is -3.50. The molecule has 0 saturated heterocycles. The third-order valence-electron chi connectivity index (χ3n) is 6.49. The molecule has 0 fully saturated rings. The number of fused-ring (bicyclic) bond motifs is 2. The van der Waals surface area contributed by atoms with E-state index in [1.165, 1.54) is 4.31 Å². The molecule has 0 aliphatic carbocycles. The SMILES string of the molecule is CCC1(CC)CC(NC(=O)C2CCN(S(C)(=O)=O)c3ccccc3O2)c2ccccc2O1. The third kappa shape index (κ3) is 4.28. The summed E-state index contributed by atoms with van der Waals surface area (Å²) in [5.74, 6) is 0.931. The second-order valence-electron chi connectivity index (χ2n) is 8.49. The number of nitrogens with one attached hydrogen (secondary N) is 1. The van der Waals surface area contributed by atoms with Crippen LogP contribution >= 0.6 is 0 Å². The van der Waals surface area contributed by atoms with Crippen LogP contribution < -0.4 is 19.1 Å². The molecule has 2 atom stereocenters. The quantitative estimate of drug-likeness (QED) is 0.737. The molecule has 1 N–H and O–H groups in total. The second kappa shape index (κ2) is 8.65. The zero-order valence-corrected chi connectivity index (χ0v) is 19.5. The molecule has 4 rings (SSSR count). The first-order chi connectivity index (χ1) is 15.3. The summed E-state index contributed by atoms with van der Waals surface area (Å²) >= 11 is 0. The summed E-state index contributed by atoms with van der Waals surface area (Å²) in [6, 6.07) is 14.5. The van der Waals surface area contributed by atoms with E-state index in [1.54, 1.807) is 24.3 Å². The predicted octanol–water partition coefficient (Wildman–Crippen LogP) is 3.80. The number of carbonyl (C=O) groups excluding carboxylic acids is 1. The molecule has 0 bridgehead atoms. The van der Waals surface area contributed by atoms with Crippen LogP contribution in [-0.2, 0) is 14.8 Å². The molecule has 0 radical (unpaired) electrons. The van der Waals surface area contributed by atoms with Crippen molar-refractivity contribution in [3.05, 3.63) is 54.1 Å². The number of para-hydroxylation sites is 3. The van der Waals surface area contributed by atoms with Crippen LogP contribution in [0.4, 0.5) is 5.69 Å². The lowest BCUT2D eigenvalue weighted by molar-refractivity contribution is -0.129. The predicted molar refractivity (Wildman–Crippen MR) is 124 cm³/mol. The van der Waals surface area contributed by atoms with Gasteiger partial charge in [-0.2, -0.15) is 0 Å². The molecule has 2 aromatic carbocycles. The van der Waals surface area contributed by atoms with E-state index in [0.717, 1.165) is 30.4 Å². The number of sulfonamides is 1. The number of ether oxygens (including phenoxy) is 2. The molecule has 2 unspecified atom stereocenters. The normalized spacial score (nSPS) is 21.9. The topological polar surface area (TPSA) is 84.9 Å². The highest BCUT2D eigenvalue weighted by Crippen LogP contribution is 2.43. The van der Waals surface area contributed by atoms with Gasteiger partial charge in [-0.15, -0.1) is 0 Å². The lowest BCUT2D eigenvalue weighted by Crippen LogP contribution is -2.47. The number of amides is 1. The Balaban J connectivity index is 1.59. The minimum atomic E-state index is -3.50. The van der Waals surface area contributed by atoms with E-state index in [-0.39, 0.29) is 30.5 Å². The zero-order chi connectivity index (χ0) is 22.9. The highest BCUT2D eigenvalue weighted by Gasteiger charge is 2.40. The van der Waals surface area contributed by atoms with Gasteiger partial charge in [0.2, 0.25) is 10.0 Å². The Hall–Kier alpha value is -2.74. The number of hydrogen-bond donors (Lipinski definition) is 1. The summed E-state index contributed by atoms with van der Waals surface area (Å²) in [6.45, 7) is 4.37. The number of nitrogens with zero attached hydrogens (tertiary/aromatic N) is 1. The van der Waals surface area contributed by atoms with Crippen LogP contribution in [0.2, 0.25) is 0 Å². The Labute approximate surface area is 189 Å². The molecule has 32 heavy (non-hydrogen) atoms. The van der Waals surface area contributed by atoms with Crippen LogP contribution in [0.15, 0.2) is 48.5 Å². The van der Waals surface area contributed by atoms with Crippen molar-refractivity contribution in [1.29, 1.82) is 0 Å². The Kier molecular flexibility index (Phi) is 6.07. The second-order valence-corrected chi connectivity index (χ2v) is 10.4. The molecule has 0 saturated carbocycles. The van der Waals surface area contributed by atoms with Crippen LogP contribution in [0, 0.1) is 0 Å². The molecule has 2 aromatic rings. The molecule has 1 amide bonds. The smallest absolute Gasteiger partial charge is 0.261 e. The van der Waals surface area contributed by atoms with E-state index in [2.05, 4.69) is 19.2 Å². The van der Waals surface area contributed by atoms with Gasteiger partial charge in [0.1, 0.15) is 17.1 Å². The summed E-state index contributed by atoms with van der Waals surface area (Å²) in [5, 5.41) is 3.17. The number of anilines is 1. The lowest BCUT2D eigenvalue weighted by atomic mass is 9.83. The number of hydrogen-bond acceptors (Lipinski definition) is 5. The van der Waals surface area contributed by atoms with Gasteiger partial charge in [0.15, 0.2) is 6.10 Å². The molecule has 2 aliphatic heterocycles. The molecular formula is C24H30N2O5S. The molecular weight excluding hydrogens is 428 g/mol. The first-order valence-electron chi connectivity index (χ1n) is 11.1. The zero-order valence-electron chi connectivity index (χ0n) is 18.7. The van der Waals surface area contributed by atoms with Gasteiger partial charge in [-0.1, -0.05) is 44.2 Å². The maximum absolute atomic E-state index is 13.3. The van der Waals surface area contributed by atoms with Crippen molar-refractivity contribution in [3.63, 3.8) is 0 Å². The highest BCUT2D eigenvalue weighted by atomic mass is 32.2. The van der Waals surface area contributed by atoms with Crippen molar-refractivity contribution in [2.24, 2.45) is 0 Å². The Morgan fingerprint density at radius 1 is 1.09 bits per heavy atom. The fourth-order valence-corrected chi connectivity index (χ4v) is 5.50. The van der Waals surface area contributed by atoms with Crippen LogP contribution in [0.3, 0.4) is 0 Å². The van der Waals surface area contributed by atoms with E-state index in [4.69, 9.17) is 9.47 Å². The molecule has 7 nitrogen and oxygen atoms in total. The number of rotatable bonds is 5. The van der Waals surface area contributed by atoms with E-state index in [9.17, 15) is 13.2 Å². The van der Waals surface area contributed by atoms with Gasteiger partial charge >= 0.3 is 0 Å².